The van der Waals surface area contributed by atoms with Crippen LogP contribution in [0.1, 0.15) is 5.56 Å². The van der Waals surface area contributed by atoms with Crippen LogP contribution in [0.4, 0.5) is 0 Å². The molecular formula is C10H13NO. The SMILES string of the molecule is CNC(C=O)Cc1ccccc1. The molecule has 1 atom stereocenters. The molecular weight excluding hydrogens is 150 g/mol. The first-order chi connectivity index (χ1) is 5.86. The molecule has 1 aromatic carbocycles. The summed E-state index contributed by atoms with van der Waals surface area (Å²) in [6.45, 7) is 0. The van der Waals surface area contributed by atoms with Crippen LogP contribution in [0.5, 0.6) is 0 Å². The van der Waals surface area contributed by atoms with Crippen LogP contribution >= 0.6 is 0 Å². The molecule has 0 fully saturated rings. The fourth-order valence-electron chi connectivity index (χ4n) is 1.09. The molecule has 0 bridgehead atoms. The number of hydrogen-bond acceptors (Lipinski definition) is 2. The van der Waals surface area contributed by atoms with E-state index >= 15 is 0 Å². The van der Waals surface area contributed by atoms with Crippen LogP contribution in [-0.4, -0.2) is 19.4 Å². The lowest BCUT2D eigenvalue weighted by Crippen LogP contribution is -2.28. The van der Waals surface area contributed by atoms with Gasteiger partial charge in [-0.15, -0.1) is 0 Å². The second-order valence-electron chi connectivity index (χ2n) is 2.72. The number of benzene rings is 1. The number of carbonyl (C=O) groups excluding carboxylic acids is 1. The lowest BCUT2D eigenvalue weighted by atomic mass is 10.1. The Morgan fingerprint density at radius 3 is 2.58 bits per heavy atom. The molecule has 0 aliphatic heterocycles. The Morgan fingerprint density at radius 1 is 1.42 bits per heavy atom. The third kappa shape index (κ3) is 2.47. The molecule has 2 heteroatoms. The summed E-state index contributed by atoms with van der Waals surface area (Å²) in [5.41, 5.74) is 1.18. The van der Waals surface area contributed by atoms with E-state index in [0.29, 0.717) is 0 Å². The van der Waals surface area contributed by atoms with Crippen LogP contribution in [0.2, 0.25) is 0 Å². The van der Waals surface area contributed by atoms with Gasteiger partial charge in [-0.2, -0.15) is 0 Å². The average molecular weight is 163 g/mol. The highest BCUT2D eigenvalue weighted by Gasteiger charge is 2.03. The second-order valence-corrected chi connectivity index (χ2v) is 2.72. The Bertz CT molecular complexity index is 233. The van der Waals surface area contributed by atoms with Gasteiger partial charge in [-0.25, -0.2) is 0 Å². The van der Waals surface area contributed by atoms with Crippen LogP contribution in [0.25, 0.3) is 0 Å². The highest BCUT2D eigenvalue weighted by Crippen LogP contribution is 2.01. The summed E-state index contributed by atoms with van der Waals surface area (Å²) in [6.07, 6.45) is 1.70. The van der Waals surface area contributed by atoms with Crippen molar-refractivity contribution in [2.75, 3.05) is 7.05 Å². The topological polar surface area (TPSA) is 29.1 Å². The molecule has 0 saturated carbocycles. The number of aldehydes is 1. The lowest BCUT2D eigenvalue weighted by molar-refractivity contribution is -0.109. The Hall–Kier alpha value is -1.15. The zero-order valence-electron chi connectivity index (χ0n) is 7.16. The smallest absolute Gasteiger partial charge is 0.137 e. The molecule has 1 rings (SSSR count). The molecule has 0 aliphatic carbocycles. The second kappa shape index (κ2) is 4.67. The Kier molecular flexibility index (Phi) is 3.48. The van der Waals surface area contributed by atoms with Crippen molar-refractivity contribution in [1.29, 1.82) is 0 Å². The van der Waals surface area contributed by atoms with Crippen molar-refractivity contribution in [3.8, 4) is 0 Å². The molecule has 0 saturated heterocycles. The molecule has 64 valence electrons. The molecule has 0 amide bonds. The largest absolute Gasteiger partial charge is 0.311 e. The maximum Gasteiger partial charge on any atom is 0.137 e. The molecule has 0 radical (unpaired) electrons. The van der Waals surface area contributed by atoms with Gasteiger partial charge in [0, 0.05) is 0 Å². The van der Waals surface area contributed by atoms with Crippen molar-refractivity contribution in [2.24, 2.45) is 0 Å². The summed E-state index contributed by atoms with van der Waals surface area (Å²) < 4.78 is 0. The molecule has 1 aromatic rings. The average Bonchev–Trinajstić information content (AvgIpc) is 2.16. The molecule has 0 aliphatic rings. The quantitative estimate of drug-likeness (QED) is 0.671. The predicted octanol–water partition coefficient (Wildman–Crippen LogP) is 1.02. The summed E-state index contributed by atoms with van der Waals surface area (Å²) in [5, 5.41) is 2.93. The van der Waals surface area contributed by atoms with E-state index in [1.54, 1.807) is 7.05 Å². The Morgan fingerprint density at radius 2 is 2.08 bits per heavy atom. The fourth-order valence-corrected chi connectivity index (χ4v) is 1.09. The van der Waals surface area contributed by atoms with Crippen molar-refractivity contribution in [3.05, 3.63) is 35.9 Å². The first-order valence-corrected chi connectivity index (χ1v) is 4.03. The maximum absolute atomic E-state index is 10.5. The number of nitrogens with one attached hydrogen (secondary N) is 1. The van der Waals surface area contributed by atoms with E-state index in [2.05, 4.69) is 5.32 Å². The fraction of sp³-hybridized carbons (Fsp3) is 0.300. The highest BCUT2D eigenvalue weighted by molar-refractivity contribution is 5.58. The number of likely N-dealkylation sites (N-methyl/N-ethyl adjacent to an activating group) is 1. The summed E-state index contributed by atoms with van der Waals surface area (Å²) in [5.74, 6) is 0. The zero-order chi connectivity index (χ0) is 8.81. The molecule has 2 nitrogen and oxygen atoms in total. The zero-order valence-corrected chi connectivity index (χ0v) is 7.16. The standard InChI is InChI=1S/C10H13NO/c1-11-10(8-12)7-9-5-3-2-4-6-9/h2-6,8,10-11H,7H2,1H3. The first-order valence-electron chi connectivity index (χ1n) is 4.03. The summed E-state index contributed by atoms with van der Waals surface area (Å²) in [6, 6.07) is 9.91. The first kappa shape index (κ1) is 8.94. The van der Waals surface area contributed by atoms with E-state index in [0.717, 1.165) is 12.7 Å². The molecule has 1 unspecified atom stereocenters. The normalized spacial score (nSPS) is 12.4. The van der Waals surface area contributed by atoms with Crippen molar-refractivity contribution in [3.63, 3.8) is 0 Å². The Balaban J connectivity index is 2.56. The van der Waals surface area contributed by atoms with E-state index in [9.17, 15) is 4.79 Å². The molecule has 0 heterocycles. The minimum atomic E-state index is -0.0626. The van der Waals surface area contributed by atoms with Gasteiger partial charge in [0.25, 0.3) is 0 Å². The van der Waals surface area contributed by atoms with Crippen molar-refractivity contribution in [1.82, 2.24) is 5.32 Å². The molecule has 0 aromatic heterocycles. The van der Waals surface area contributed by atoms with Crippen LogP contribution in [-0.2, 0) is 11.2 Å². The van der Waals surface area contributed by atoms with Crippen molar-refractivity contribution >= 4 is 6.29 Å². The van der Waals surface area contributed by atoms with Gasteiger partial charge in [-0.05, 0) is 19.0 Å². The van der Waals surface area contributed by atoms with E-state index in [4.69, 9.17) is 0 Å². The Labute approximate surface area is 72.6 Å². The van der Waals surface area contributed by atoms with Gasteiger partial charge >= 0.3 is 0 Å². The third-order valence-electron chi connectivity index (χ3n) is 1.83. The summed E-state index contributed by atoms with van der Waals surface area (Å²) >= 11 is 0. The molecule has 0 spiro atoms. The molecule has 12 heavy (non-hydrogen) atoms. The van der Waals surface area contributed by atoms with E-state index in [-0.39, 0.29) is 6.04 Å². The minimum absolute atomic E-state index is 0.0626. The molecule has 1 N–H and O–H groups in total. The highest BCUT2D eigenvalue weighted by atomic mass is 16.1. The van der Waals surface area contributed by atoms with Crippen molar-refractivity contribution < 1.29 is 4.79 Å². The van der Waals surface area contributed by atoms with E-state index in [1.807, 2.05) is 30.3 Å². The van der Waals surface area contributed by atoms with E-state index in [1.165, 1.54) is 5.56 Å². The maximum atomic E-state index is 10.5. The van der Waals surface area contributed by atoms with Crippen LogP contribution in [0.15, 0.2) is 30.3 Å². The van der Waals surface area contributed by atoms with Gasteiger partial charge in [0.2, 0.25) is 0 Å². The van der Waals surface area contributed by atoms with E-state index < -0.39 is 0 Å². The van der Waals surface area contributed by atoms with Crippen LogP contribution in [0.3, 0.4) is 0 Å². The monoisotopic (exact) mass is 163 g/mol. The van der Waals surface area contributed by atoms with Crippen LogP contribution in [0, 0.1) is 0 Å². The van der Waals surface area contributed by atoms with Gasteiger partial charge in [0.15, 0.2) is 0 Å². The van der Waals surface area contributed by atoms with Crippen LogP contribution < -0.4 is 5.32 Å². The predicted molar refractivity (Wildman–Crippen MR) is 49.1 cm³/mol. The summed E-state index contributed by atoms with van der Waals surface area (Å²) in [7, 11) is 1.79. The van der Waals surface area contributed by atoms with Gasteiger partial charge in [0.05, 0.1) is 6.04 Å². The lowest BCUT2D eigenvalue weighted by Gasteiger charge is -2.07. The number of rotatable bonds is 4. The number of carbonyl (C=O) groups is 1. The van der Waals surface area contributed by atoms with Gasteiger partial charge in [-0.1, -0.05) is 30.3 Å². The summed E-state index contributed by atoms with van der Waals surface area (Å²) in [4.78, 5) is 10.5. The van der Waals surface area contributed by atoms with Crippen molar-refractivity contribution in [2.45, 2.75) is 12.5 Å². The van der Waals surface area contributed by atoms with Gasteiger partial charge < -0.3 is 10.1 Å². The number of hydrogen-bond donors (Lipinski definition) is 1. The third-order valence-corrected chi connectivity index (χ3v) is 1.83. The van der Waals surface area contributed by atoms with Gasteiger partial charge in [-0.3, -0.25) is 0 Å². The van der Waals surface area contributed by atoms with Gasteiger partial charge in [0.1, 0.15) is 6.29 Å². The minimum Gasteiger partial charge on any atom is -0.311 e.